The molecule has 0 atom stereocenters. The Kier molecular flexibility index (Phi) is 3.94. The Labute approximate surface area is 108 Å². The topological polar surface area (TPSA) is 64.4 Å². The number of halogens is 2. The summed E-state index contributed by atoms with van der Waals surface area (Å²) in [5.74, 6) is -0.434. The Morgan fingerprint density at radius 1 is 1.37 bits per heavy atom. The van der Waals surface area contributed by atoms with Crippen molar-refractivity contribution in [2.75, 3.05) is 5.32 Å². The summed E-state index contributed by atoms with van der Waals surface area (Å²) in [5, 5.41) is 13.8. The predicted molar refractivity (Wildman–Crippen MR) is 65.5 cm³/mol. The quantitative estimate of drug-likeness (QED) is 0.506. The average Bonchev–Trinajstić information content (AvgIpc) is 2.80. The maximum absolute atomic E-state index is 12.2. The van der Waals surface area contributed by atoms with Gasteiger partial charge in [0, 0.05) is 23.9 Å². The Balaban J connectivity index is 2.18. The first kappa shape index (κ1) is 13.3. The van der Waals surface area contributed by atoms with E-state index >= 15 is 0 Å². The van der Waals surface area contributed by atoms with Crippen LogP contribution in [0.25, 0.3) is 0 Å². The van der Waals surface area contributed by atoms with Gasteiger partial charge in [0.2, 0.25) is 5.75 Å². The van der Waals surface area contributed by atoms with Gasteiger partial charge >= 0.3 is 12.3 Å². The van der Waals surface area contributed by atoms with Crippen LogP contribution in [-0.2, 0) is 0 Å². The lowest BCUT2D eigenvalue weighted by Gasteiger charge is -2.14. The average molecular weight is 270 g/mol. The van der Waals surface area contributed by atoms with Crippen LogP contribution in [-0.4, -0.2) is 17.6 Å². The van der Waals surface area contributed by atoms with Gasteiger partial charge in [-0.05, 0) is 18.9 Å². The molecule has 0 radical (unpaired) electrons. The molecule has 7 heteroatoms. The van der Waals surface area contributed by atoms with Crippen LogP contribution in [0, 0.1) is 10.1 Å². The lowest BCUT2D eigenvalue weighted by molar-refractivity contribution is -0.386. The van der Waals surface area contributed by atoms with E-state index in [1.54, 1.807) is 0 Å². The number of anilines is 1. The van der Waals surface area contributed by atoms with Crippen molar-refractivity contribution < 1.29 is 18.4 Å². The first-order valence-electron chi connectivity index (χ1n) is 5.71. The molecular weight excluding hydrogens is 258 g/mol. The zero-order valence-electron chi connectivity index (χ0n) is 9.88. The van der Waals surface area contributed by atoms with Gasteiger partial charge in [-0.1, -0.05) is 12.2 Å². The second kappa shape index (κ2) is 5.64. The lowest BCUT2D eigenvalue weighted by Crippen LogP contribution is -2.15. The van der Waals surface area contributed by atoms with Gasteiger partial charge in [-0.15, -0.1) is 0 Å². The Hall–Kier alpha value is -2.18. The summed E-state index contributed by atoms with van der Waals surface area (Å²) in [7, 11) is 0. The maximum atomic E-state index is 12.2. The summed E-state index contributed by atoms with van der Waals surface area (Å²) in [6.45, 7) is -3.10. The highest BCUT2D eigenvalue weighted by atomic mass is 19.3. The van der Waals surface area contributed by atoms with E-state index in [0.717, 1.165) is 18.9 Å². The van der Waals surface area contributed by atoms with Gasteiger partial charge in [-0.3, -0.25) is 10.1 Å². The molecule has 1 aliphatic carbocycles. The van der Waals surface area contributed by atoms with E-state index in [1.165, 1.54) is 12.1 Å². The van der Waals surface area contributed by atoms with Gasteiger partial charge in [0.05, 0.1) is 4.92 Å². The number of nitrogens with zero attached hydrogens (tertiary/aromatic N) is 1. The Morgan fingerprint density at radius 3 is 2.63 bits per heavy atom. The summed E-state index contributed by atoms with van der Waals surface area (Å²) in [5.41, 5.74) is 0.0466. The molecule has 0 saturated heterocycles. The van der Waals surface area contributed by atoms with Crippen molar-refractivity contribution in [2.24, 2.45) is 0 Å². The van der Waals surface area contributed by atoms with Crippen molar-refractivity contribution in [3.63, 3.8) is 0 Å². The predicted octanol–water partition coefficient (Wildman–Crippen LogP) is 3.33. The number of nitro benzene ring substituents is 1. The van der Waals surface area contributed by atoms with Gasteiger partial charge in [0.25, 0.3) is 0 Å². The van der Waals surface area contributed by atoms with E-state index in [2.05, 4.69) is 10.1 Å². The molecular formula is C12H12F2N2O3. The maximum Gasteiger partial charge on any atom is 0.387 e. The number of hydrogen-bond donors (Lipinski definition) is 1. The molecule has 1 aliphatic rings. The molecule has 0 saturated carbocycles. The van der Waals surface area contributed by atoms with Crippen LogP contribution in [0.4, 0.5) is 20.2 Å². The normalized spacial score (nSPS) is 14.9. The van der Waals surface area contributed by atoms with E-state index in [1.807, 2.05) is 12.2 Å². The zero-order valence-corrected chi connectivity index (χ0v) is 9.88. The van der Waals surface area contributed by atoms with Crippen molar-refractivity contribution >= 4 is 11.4 Å². The molecule has 1 aromatic carbocycles. The molecule has 5 nitrogen and oxygen atoms in total. The molecule has 0 aromatic heterocycles. The van der Waals surface area contributed by atoms with Gasteiger partial charge in [0.15, 0.2) is 0 Å². The summed E-state index contributed by atoms with van der Waals surface area (Å²) < 4.78 is 28.6. The molecule has 2 rings (SSSR count). The molecule has 102 valence electrons. The summed E-state index contributed by atoms with van der Waals surface area (Å²) in [6.07, 6.45) is 5.70. The van der Waals surface area contributed by atoms with Gasteiger partial charge < -0.3 is 10.1 Å². The van der Waals surface area contributed by atoms with E-state index in [0.29, 0.717) is 5.69 Å². The SMILES string of the molecule is O=[N+]([O-])c1ccc(NC2CC=CC2)cc1OC(F)F. The summed E-state index contributed by atoms with van der Waals surface area (Å²) in [6, 6.07) is 4.04. The molecule has 0 heterocycles. The van der Waals surface area contributed by atoms with Crippen LogP contribution < -0.4 is 10.1 Å². The number of nitrogens with one attached hydrogen (secondary N) is 1. The third kappa shape index (κ3) is 3.40. The van der Waals surface area contributed by atoms with E-state index in [4.69, 9.17) is 0 Å². The van der Waals surface area contributed by atoms with Crippen LogP contribution in [0.5, 0.6) is 5.75 Å². The molecule has 0 bridgehead atoms. The largest absolute Gasteiger partial charge is 0.427 e. The Bertz CT molecular complexity index is 498. The van der Waals surface area contributed by atoms with Crippen molar-refractivity contribution in [3.8, 4) is 5.75 Å². The number of alkyl halides is 2. The van der Waals surface area contributed by atoms with Gasteiger partial charge in [-0.25, -0.2) is 0 Å². The van der Waals surface area contributed by atoms with E-state index in [-0.39, 0.29) is 6.04 Å². The number of benzene rings is 1. The van der Waals surface area contributed by atoms with Crippen molar-refractivity contribution in [3.05, 3.63) is 40.5 Å². The molecule has 0 aliphatic heterocycles. The van der Waals surface area contributed by atoms with Crippen LogP contribution in [0.3, 0.4) is 0 Å². The summed E-state index contributed by atoms with van der Waals surface area (Å²) >= 11 is 0. The van der Waals surface area contributed by atoms with Crippen molar-refractivity contribution in [1.29, 1.82) is 0 Å². The standard InChI is InChI=1S/C12H12F2N2O3/c13-12(14)19-11-7-9(5-6-10(11)16(17)18)15-8-3-1-2-4-8/h1-2,5-8,12,15H,3-4H2. The Morgan fingerprint density at radius 2 is 2.05 bits per heavy atom. The zero-order chi connectivity index (χ0) is 13.8. The number of rotatable bonds is 5. The molecule has 19 heavy (non-hydrogen) atoms. The minimum Gasteiger partial charge on any atom is -0.427 e. The fourth-order valence-electron chi connectivity index (χ4n) is 1.92. The third-order valence-electron chi connectivity index (χ3n) is 2.75. The van der Waals surface area contributed by atoms with Crippen LogP contribution in [0.2, 0.25) is 0 Å². The van der Waals surface area contributed by atoms with Gasteiger partial charge in [-0.2, -0.15) is 8.78 Å². The van der Waals surface area contributed by atoms with Crippen molar-refractivity contribution in [2.45, 2.75) is 25.5 Å². The number of hydrogen-bond acceptors (Lipinski definition) is 4. The highest BCUT2D eigenvalue weighted by molar-refractivity contribution is 5.58. The van der Waals surface area contributed by atoms with Crippen molar-refractivity contribution in [1.82, 2.24) is 0 Å². The minimum absolute atomic E-state index is 0.181. The van der Waals surface area contributed by atoms with E-state index in [9.17, 15) is 18.9 Å². The number of nitro groups is 1. The monoisotopic (exact) mass is 270 g/mol. The molecule has 0 amide bonds. The smallest absolute Gasteiger partial charge is 0.387 e. The lowest BCUT2D eigenvalue weighted by atomic mass is 10.2. The summed E-state index contributed by atoms with van der Waals surface area (Å²) in [4.78, 5) is 9.96. The van der Waals surface area contributed by atoms with Crippen LogP contribution in [0.1, 0.15) is 12.8 Å². The highest BCUT2D eigenvalue weighted by Gasteiger charge is 2.20. The molecule has 0 spiro atoms. The molecule has 0 fully saturated rings. The minimum atomic E-state index is -3.10. The second-order valence-corrected chi connectivity index (χ2v) is 4.10. The second-order valence-electron chi connectivity index (χ2n) is 4.10. The molecule has 0 unspecified atom stereocenters. The van der Waals surface area contributed by atoms with Gasteiger partial charge in [0.1, 0.15) is 0 Å². The number of ether oxygens (including phenoxy) is 1. The molecule has 1 N–H and O–H groups in total. The molecule has 1 aromatic rings. The highest BCUT2D eigenvalue weighted by Crippen LogP contribution is 2.32. The first-order valence-corrected chi connectivity index (χ1v) is 5.71. The fraction of sp³-hybridized carbons (Fsp3) is 0.333. The fourth-order valence-corrected chi connectivity index (χ4v) is 1.92. The third-order valence-corrected chi connectivity index (χ3v) is 2.75. The van der Waals surface area contributed by atoms with Crippen LogP contribution >= 0.6 is 0 Å². The van der Waals surface area contributed by atoms with Crippen LogP contribution in [0.15, 0.2) is 30.4 Å². The van der Waals surface area contributed by atoms with E-state index < -0.39 is 23.0 Å². The first-order chi connectivity index (χ1) is 9.06.